The van der Waals surface area contributed by atoms with Gasteiger partial charge in [0, 0.05) is 6.54 Å². The van der Waals surface area contributed by atoms with Crippen LogP contribution in [0.1, 0.15) is 18.1 Å². The van der Waals surface area contributed by atoms with Gasteiger partial charge in [-0.25, -0.2) is 0 Å². The van der Waals surface area contributed by atoms with Gasteiger partial charge in [-0.05, 0) is 30.5 Å². The van der Waals surface area contributed by atoms with Gasteiger partial charge in [0.2, 0.25) is 0 Å². The molecule has 1 aromatic carbocycles. The molecule has 0 spiro atoms. The molecule has 0 atom stereocenters. The molecule has 2 heteroatoms. The number of aryl methyl sites for hydroxylation is 2. The molecule has 2 rings (SSSR count). The molecule has 1 aliphatic rings. The average Bonchev–Trinajstić information content (AvgIpc) is 2.16. The average molecular weight is 177 g/mol. The fraction of sp³-hybridized carbons (Fsp3) is 0.455. The Morgan fingerprint density at radius 1 is 1.46 bits per heavy atom. The van der Waals surface area contributed by atoms with E-state index in [2.05, 4.69) is 31.3 Å². The number of anilines is 1. The van der Waals surface area contributed by atoms with E-state index >= 15 is 0 Å². The van der Waals surface area contributed by atoms with Crippen LogP contribution in [0.15, 0.2) is 12.1 Å². The molecule has 0 saturated carbocycles. The molecule has 0 bridgehead atoms. The summed E-state index contributed by atoms with van der Waals surface area (Å²) < 4.78 is 5.64. The van der Waals surface area contributed by atoms with Gasteiger partial charge >= 0.3 is 0 Å². The molecule has 0 aromatic heterocycles. The largest absolute Gasteiger partial charge is 0.489 e. The lowest BCUT2D eigenvalue weighted by Gasteiger charge is -2.22. The van der Waals surface area contributed by atoms with Gasteiger partial charge in [0.05, 0.1) is 5.69 Å². The highest BCUT2D eigenvalue weighted by Gasteiger charge is 2.13. The minimum atomic E-state index is 0.781. The predicted octanol–water partition coefficient (Wildman–Crippen LogP) is 2.36. The lowest BCUT2D eigenvalue weighted by molar-refractivity contribution is 0.320. The second kappa shape index (κ2) is 3.29. The van der Waals surface area contributed by atoms with Crippen LogP contribution in [0, 0.1) is 6.92 Å². The van der Waals surface area contributed by atoms with Crippen LogP contribution in [0.5, 0.6) is 5.75 Å². The summed E-state index contributed by atoms with van der Waals surface area (Å²) in [5.74, 6) is 1.05. The maximum absolute atomic E-state index is 5.64. The zero-order chi connectivity index (χ0) is 9.26. The first kappa shape index (κ1) is 8.42. The third-order valence-corrected chi connectivity index (χ3v) is 2.36. The fourth-order valence-corrected chi connectivity index (χ4v) is 1.75. The molecular formula is C11H15NO. The molecule has 1 aliphatic heterocycles. The van der Waals surface area contributed by atoms with E-state index in [1.165, 1.54) is 11.1 Å². The molecule has 1 N–H and O–H groups in total. The zero-order valence-electron chi connectivity index (χ0n) is 8.18. The number of hydrogen-bond donors (Lipinski definition) is 1. The van der Waals surface area contributed by atoms with Gasteiger partial charge in [-0.2, -0.15) is 0 Å². The second-order valence-corrected chi connectivity index (χ2v) is 3.43. The van der Waals surface area contributed by atoms with Crippen molar-refractivity contribution in [1.29, 1.82) is 0 Å². The first-order valence-corrected chi connectivity index (χ1v) is 4.81. The Bertz CT molecular complexity index is 303. The molecule has 0 saturated heterocycles. The van der Waals surface area contributed by atoms with E-state index in [-0.39, 0.29) is 0 Å². The molecule has 1 aromatic rings. The summed E-state index contributed by atoms with van der Waals surface area (Å²) in [7, 11) is 0. The maximum atomic E-state index is 5.64. The monoisotopic (exact) mass is 177 g/mol. The molecule has 70 valence electrons. The van der Waals surface area contributed by atoms with Crippen LogP contribution in [0.2, 0.25) is 0 Å². The predicted molar refractivity (Wildman–Crippen MR) is 54.5 cm³/mol. The van der Waals surface area contributed by atoms with E-state index in [1.54, 1.807) is 0 Å². The van der Waals surface area contributed by atoms with Crippen molar-refractivity contribution in [2.45, 2.75) is 20.3 Å². The zero-order valence-corrected chi connectivity index (χ0v) is 8.18. The highest BCUT2D eigenvalue weighted by Crippen LogP contribution is 2.32. The third-order valence-electron chi connectivity index (χ3n) is 2.36. The number of ether oxygens (including phenoxy) is 1. The first-order chi connectivity index (χ1) is 6.31. The smallest absolute Gasteiger partial charge is 0.145 e. The van der Waals surface area contributed by atoms with Crippen LogP contribution in [0.25, 0.3) is 0 Å². The van der Waals surface area contributed by atoms with E-state index in [0.29, 0.717) is 0 Å². The third kappa shape index (κ3) is 1.48. The van der Waals surface area contributed by atoms with Gasteiger partial charge in [0.15, 0.2) is 0 Å². The lowest BCUT2D eigenvalue weighted by atomic mass is 10.1. The van der Waals surface area contributed by atoms with E-state index in [0.717, 1.165) is 31.0 Å². The van der Waals surface area contributed by atoms with Gasteiger partial charge in [-0.1, -0.05) is 13.0 Å². The molecule has 0 radical (unpaired) electrons. The summed E-state index contributed by atoms with van der Waals surface area (Å²) in [4.78, 5) is 0. The molecule has 0 amide bonds. The summed E-state index contributed by atoms with van der Waals surface area (Å²) in [6.07, 6.45) is 1.03. The van der Waals surface area contributed by atoms with Crippen molar-refractivity contribution in [3.8, 4) is 5.75 Å². The van der Waals surface area contributed by atoms with Crippen LogP contribution >= 0.6 is 0 Å². The highest BCUT2D eigenvalue weighted by atomic mass is 16.5. The van der Waals surface area contributed by atoms with Crippen molar-refractivity contribution in [2.24, 2.45) is 0 Å². The van der Waals surface area contributed by atoms with Gasteiger partial charge in [0.1, 0.15) is 12.4 Å². The van der Waals surface area contributed by atoms with Crippen LogP contribution < -0.4 is 10.1 Å². The van der Waals surface area contributed by atoms with E-state index in [1.807, 2.05) is 0 Å². The Hall–Kier alpha value is -1.18. The second-order valence-electron chi connectivity index (χ2n) is 3.43. The number of nitrogens with one attached hydrogen (secondary N) is 1. The summed E-state index contributed by atoms with van der Waals surface area (Å²) in [5, 5.41) is 3.35. The Balaban J connectivity index is 2.50. The summed E-state index contributed by atoms with van der Waals surface area (Å²) in [5.41, 5.74) is 3.76. The minimum absolute atomic E-state index is 0.781. The fourth-order valence-electron chi connectivity index (χ4n) is 1.75. The lowest BCUT2D eigenvalue weighted by Crippen LogP contribution is -2.19. The van der Waals surface area contributed by atoms with E-state index < -0.39 is 0 Å². The normalized spacial score (nSPS) is 14.3. The van der Waals surface area contributed by atoms with Crippen molar-refractivity contribution in [1.82, 2.24) is 0 Å². The van der Waals surface area contributed by atoms with E-state index in [9.17, 15) is 0 Å². The Morgan fingerprint density at radius 3 is 3.08 bits per heavy atom. The van der Waals surface area contributed by atoms with Crippen molar-refractivity contribution < 1.29 is 4.74 Å². The Morgan fingerprint density at radius 2 is 2.31 bits per heavy atom. The highest BCUT2D eigenvalue weighted by molar-refractivity contribution is 5.63. The molecule has 0 fully saturated rings. The summed E-state index contributed by atoms with van der Waals surface area (Å²) in [6, 6.07) is 4.35. The topological polar surface area (TPSA) is 21.3 Å². The van der Waals surface area contributed by atoms with Gasteiger partial charge in [0.25, 0.3) is 0 Å². The standard InChI is InChI=1S/C11H15NO/c1-3-9-6-8(2)7-10-11(9)13-5-4-12-10/h6-7,12H,3-5H2,1-2H3. The van der Waals surface area contributed by atoms with Crippen LogP contribution in [0.3, 0.4) is 0 Å². The summed E-state index contributed by atoms with van der Waals surface area (Å²) in [6.45, 7) is 5.98. The van der Waals surface area contributed by atoms with Gasteiger partial charge < -0.3 is 10.1 Å². The van der Waals surface area contributed by atoms with Crippen LogP contribution in [-0.2, 0) is 6.42 Å². The maximum Gasteiger partial charge on any atom is 0.145 e. The van der Waals surface area contributed by atoms with Crippen molar-refractivity contribution in [2.75, 3.05) is 18.5 Å². The van der Waals surface area contributed by atoms with Gasteiger partial charge in [-0.15, -0.1) is 0 Å². The number of benzene rings is 1. The number of hydrogen-bond acceptors (Lipinski definition) is 2. The minimum Gasteiger partial charge on any atom is -0.489 e. The van der Waals surface area contributed by atoms with Crippen molar-refractivity contribution >= 4 is 5.69 Å². The molecule has 0 unspecified atom stereocenters. The van der Waals surface area contributed by atoms with E-state index in [4.69, 9.17) is 4.74 Å². The number of fused-ring (bicyclic) bond motifs is 1. The van der Waals surface area contributed by atoms with Crippen molar-refractivity contribution in [3.05, 3.63) is 23.3 Å². The Kier molecular flexibility index (Phi) is 2.13. The Labute approximate surface area is 78.9 Å². The SMILES string of the molecule is CCc1cc(C)cc2c1OCCN2. The molecule has 13 heavy (non-hydrogen) atoms. The van der Waals surface area contributed by atoms with Crippen molar-refractivity contribution in [3.63, 3.8) is 0 Å². The molecule has 2 nitrogen and oxygen atoms in total. The molecule has 1 heterocycles. The first-order valence-electron chi connectivity index (χ1n) is 4.81. The molecule has 0 aliphatic carbocycles. The number of rotatable bonds is 1. The molecular weight excluding hydrogens is 162 g/mol. The van der Waals surface area contributed by atoms with Crippen LogP contribution in [-0.4, -0.2) is 13.2 Å². The van der Waals surface area contributed by atoms with Crippen LogP contribution in [0.4, 0.5) is 5.69 Å². The quantitative estimate of drug-likeness (QED) is 0.711. The summed E-state index contributed by atoms with van der Waals surface area (Å²) >= 11 is 0. The van der Waals surface area contributed by atoms with Gasteiger partial charge in [-0.3, -0.25) is 0 Å².